The summed E-state index contributed by atoms with van der Waals surface area (Å²) < 4.78 is 98.7. The summed E-state index contributed by atoms with van der Waals surface area (Å²) in [6, 6.07) is 3.49. The standard InChI is InChI=1S/C25H24ClF7N2O3/c1-23(2,3)38-22(37)35-7-6-20(17(12-35)13-4-5-19(27)18(26)10-13)34-21(36)14-8-15(24(28,29)30)11-16(9-14)25(31,32)33/h4-5,8-11,17,20H,6-7,12H2,1-3H3,(H,34,36)/t17?,20-/m1/s1. The molecule has 2 atom stereocenters. The van der Waals surface area contributed by atoms with Crippen LogP contribution in [0, 0.1) is 5.82 Å². The van der Waals surface area contributed by atoms with E-state index in [1.54, 1.807) is 20.8 Å². The number of benzene rings is 2. The molecule has 0 aliphatic carbocycles. The van der Waals surface area contributed by atoms with Gasteiger partial charge >= 0.3 is 18.4 Å². The number of rotatable bonds is 3. The van der Waals surface area contributed by atoms with Crippen LogP contribution in [0.15, 0.2) is 36.4 Å². The minimum atomic E-state index is -5.12. The maximum absolute atomic E-state index is 13.8. The SMILES string of the molecule is CC(C)(C)OC(=O)N1CC[C@@H](NC(=O)c2cc(C(F)(F)F)cc(C(F)(F)F)c2)C(c2ccc(F)c(Cl)c2)C1. The molecule has 1 aliphatic rings. The van der Waals surface area contributed by atoms with E-state index in [-0.39, 0.29) is 30.6 Å². The third-order valence-electron chi connectivity index (χ3n) is 5.80. The number of hydrogen-bond donors (Lipinski definition) is 1. The Labute approximate surface area is 218 Å². The number of alkyl halides is 6. The van der Waals surface area contributed by atoms with E-state index in [4.69, 9.17) is 16.3 Å². The fraction of sp³-hybridized carbons (Fsp3) is 0.440. The van der Waals surface area contributed by atoms with Gasteiger partial charge in [-0.1, -0.05) is 17.7 Å². The number of amides is 2. The molecule has 38 heavy (non-hydrogen) atoms. The third kappa shape index (κ3) is 7.30. The lowest BCUT2D eigenvalue weighted by atomic mass is 9.85. The second-order valence-corrected chi connectivity index (χ2v) is 10.3. The Morgan fingerprint density at radius 1 is 0.974 bits per heavy atom. The van der Waals surface area contributed by atoms with Crippen molar-refractivity contribution < 1.29 is 45.1 Å². The van der Waals surface area contributed by atoms with Crippen LogP contribution in [0.1, 0.15) is 60.2 Å². The van der Waals surface area contributed by atoms with Crippen LogP contribution in [0.3, 0.4) is 0 Å². The zero-order valence-electron chi connectivity index (χ0n) is 20.4. The molecule has 1 N–H and O–H groups in total. The molecular weight excluding hydrogens is 545 g/mol. The molecule has 2 amide bonds. The van der Waals surface area contributed by atoms with Crippen molar-refractivity contribution in [3.8, 4) is 0 Å². The summed E-state index contributed by atoms with van der Waals surface area (Å²) in [6.07, 6.45) is -10.8. The molecule has 2 aromatic rings. The van der Waals surface area contributed by atoms with Gasteiger partial charge in [0.1, 0.15) is 11.4 Å². The maximum Gasteiger partial charge on any atom is 0.416 e. The zero-order valence-corrected chi connectivity index (χ0v) is 21.2. The maximum atomic E-state index is 13.8. The first-order chi connectivity index (χ1) is 17.3. The molecule has 0 radical (unpaired) electrons. The van der Waals surface area contributed by atoms with Gasteiger partial charge in [-0.2, -0.15) is 26.3 Å². The summed E-state index contributed by atoms with van der Waals surface area (Å²) in [7, 11) is 0. The van der Waals surface area contributed by atoms with Crippen molar-refractivity contribution in [2.24, 2.45) is 0 Å². The van der Waals surface area contributed by atoms with Crippen LogP contribution in [-0.2, 0) is 17.1 Å². The molecule has 2 aromatic carbocycles. The highest BCUT2D eigenvalue weighted by molar-refractivity contribution is 6.30. The van der Waals surface area contributed by atoms with Gasteiger partial charge in [0.2, 0.25) is 0 Å². The highest BCUT2D eigenvalue weighted by atomic mass is 35.5. The molecule has 13 heteroatoms. The molecule has 1 heterocycles. The molecule has 208 valence electrons. The summed E-state index contributed by atoms with van der Waals surface area (Å²) in [5.41, 5.74) is -4.50. The summed E-state index contributed by atoms with van der Waals surface area (Å²) in [5, 5.41) is 2.25. The molecule has 1 unspecified atom stereocenters. The number of piperidine rings is 1. The lowest BCUT2D eigenvalue weighted by Gasteiger charge is -2.39. The number of nitrogens with one attached hydrogen (secondary N) is 1. The van der Waals surface area contributed by atoms with Gasteiger partial charge in [-0.3, -0.25) is 4.79 Å². The van der Waals surface area contributed by atoms with Crippen LogP contribution in [-0.4, -0.2) is 41.6 Å². The van der Waals surface area contributed by atoms with Gasteiger partial charge in [0.15, 0.2) is 0 Å². The first-order valence-electron chi connectivity index (χ1n) is 11.4. The molecule has 3 rings (SSSR count). The van der Waals surface area contributed by atoms with Gasteiger partial charge in [-0.25, -0.2) is 9.18 Å². The molecule has 5 nitrogen and oxygen atoms in total. The Morgan fingerprint density at radius 3 is 2.05 bits per heavy atom. The zero-order chi connectivity index (χ0) is 28.6. The Hall–Kier alpha value is -3.02. The summed E-state index contributed by atoms with van der Waals surface area (Å²) >= 11 is 5.91. The Morgan fingerprint density at radius 2 is 1.55 bits per heavy atom. The van der Waals surface area contributed by atoms with E-state index in [1.165, 1.54) is 17.0 Å². The second kappa shape index (κ2) is 10.6. The van der Waals surface area contributed by atoms with Gasteiger partial charge in [-0.05, 0) is 63.1 Å². The van der Waals surface area contributed by atoms with E-state index in [0.29, 0.717) is 17.7 Å². The minimum Gasteiger partial charge on any atom is -0.444 e. The number of halogens is 8. The van der Waals surface area contributed by atoms with E-state index in [2.05, 4.69) is 5.32 Å². The van der Waals surface area contributed by atoms with Crippen molar-refractivity contribution in [2.75, 3.05) is 13.1 Å². The largest absolute Gasteiger partial charge is 0.444 e. The van der Waals surface area contributed by atoms with Gasteiger partial charge in [0, 0.05) is 30.6 Å². The van der Waals surface area contributed by atoms with Crippen LogP contribution in [0.2, 0.25) is 5.02 Å². The number of likely N-dealkylation sites (tertiary alicyclic amines) is 1. The van der Waals surface area contributed by atoms with E-state index in [9.17, 15) is 40.3 Å². The molecule has 0 saturated carbocycles. The molecule has 0 spiro atoms. The van der Waals surface area contributed by atoms with Crippen LogP contribution >= 0.6 is 11.6 Å². The van der Waals surface area contributed by atoms with Crippen LogP contribution in [0.5, 0.6) is 0 Å². The summed E-state index contributed by atoms with van der Waals surface area (Å²) in [6.45, 7) is 5.03. The van der Waals surface area contributed by atoms with Crippen molar-refractivity contribution in [3.05, 3.63) is 69.5 Å². The van der Waals surface area contributed by atoms with Gasteiger partial charge < -0.3 is 15.0 Å². The topological polar surface area (TPSA) is 58.6 Å². The highest BCUT2D eigenvalue weighted by Gasteiger charge is 2.39. The lowest BCUT2D eigenvalue weighted by molar-refractivity contribution is -0.143. The normalized spacial score (nSPS) is 18.8. The average Bonchev–Trinajstić information content (AvgIpc) is 2.78. The number of carbonyl (C=O) groups is 2. The average molecular weight is 569 g/mol. The molecular formula is C25H24ClF7N2O3. The van der Waals surface area contributed by atoms with Gasteiger partial charge in [0.05, 0.1) is 16.1 Å². The van der Waals surface area contributed by atoms with E-state index in [0.717, 1.165) is 6.07 Å². The smallest absolute Gasteiger partial charge is 0.416 e. The Balaban J connectivity index is 1.94. The Bertz CT molecular complexity index is 1180. The Kier molecular flexibility index (Phi) is 8.26. The van der Waals surface area contributed by atoms with Crippen molar-refractivity contribution >= 4 is 23.6 Å². The predicted molar refractivity (Wildman–Crippen MR) is 124 cm³/mol. The van der Waals surface area contributed by atoms with Gasteiger partial charge in [0.25, 0.3) is 5.91 Å². The summed E-state index contributed by atoms with van der Waals surface area (Å²) in [5.74, 6) is -2.62. The lowest BCUT2D eigenvalue weighted by Crippen LogP contribution is -2.52. The van der Waals surface area contributed by atoms with Crippen molar-refractivity contribution in [1.82, 2.24) is 10.2 Å². The molecule has 1 aliphatic heterocycles. The number of ether oxygens (including phenoxy) is 1. The first kappa shape index (κ1) is 29.5. The van der Waals surface area contributed by atoms with Crippen molar-refractivity contribution in [2.45, 2.75) is 57.1 Å². The van der Waals surface area contributed by atoms with E-state index < -0.39 is 64.4 Å². The number of carbonyl (C=O) groups excluding carboxylic acids is 2. The second-order valence-electron chi connectivity index (χ2n) is 9.87. The fourth-order valence-corrected chi connectivity index (χ4v) is 4.22. The fourth-order valence-electron chi connectivity index (χ4n) is 4.04. The number of hydrogen-bond acceptors (Lipinski definition) is 3. The molecule has 0 aromatic heterocycles. The van der Waals surface area contributed by atoms with E-state index in [1.807, 2.05) is 0 Å². The van der Waals surface area contributed by atoms with Crippen molar-refractivity contribution in [3.63, 3.8) is 0 Å². The van der Waals surface area contributed by atoms with Crippen LogP contribution in [0.4, 0.5) is 35.5 Å². The van der Waals surface area contributed by atoms with Crippen molar-refractivity contribution in [1.29, 1.82) is 0 Å². The minimum absolute atomic E-state index is 0.0434. The summed E-state index contributed by atoms with van der Waals surface area (Å²) in [4.78, 5) is 26.9. The highest BCUT2D eigenvalue weighted by Crippen LogP contribution is 2.37. The van der Waals surface area contributed by atoms with Crippen LogP contribution in [0.25, 0.3) is 0 Å². The third-order valence-corrected chi connectivity index (χ3v) is 6.09. The monoisotopic (exact) mass is 568 g/mol. The van der Waals surface area contributed by atoms with E-state index >= 15 is 0 Å². The molecule has 1 fully saturated rings. The van der Waals surface area contributed by atoms with Crippen LogP contribution < -0.4 is 5.32 Å². The molecule has 0 bridgehead atoms. The molecule has 1 saturated heterocycles. The predicted octanol–water partition coefficient (Wildman–Crippen LogP) is 7.04. The first-order valence-corrected chi connectivity index (χ1v) is 11.8. The number of nitrogens with zero attached hydrogens (tertiary/aromatic N) is 1. The van der Waals surface area contributed by atoms with Gasteiger partial charge in [-0.15, -0.1) is 0 Å². The quantitative estimate of drug-likeness (QED) is 0.404.